The van der Waals surface area contributed by atoms with Gasteiger partial charge in [-0.05, 0) is 48.4 Å². The molecule has 1 heterocycles. The van der Waals surface area contributed by atoms with Crippen LogP contribution in [-0.2, 0) is 16.1 Å². The molecule has 0 saturated carbocycles. The SMILES string of the molecule is COc1ccc2cc(CN(C)C(=O)CN3CCN(CC(=O)NC(C)C)CC3)ccc2c1. The van der Waals surface area contributed by atoms with Crippen LogP contribution in [0.5, 0.6) is 5.75 Å². The zero-order valence-electron chi connectivity index (χ0n) is 19.1. The number of nitrogens with zero attached hydrogens (tertiary/aromatic N) is 3. The van der Waals surface area contributed by atoms with Gasteiger partial charge in [-0.3, -0.25) is 19.4 Å². The molecule has 0 unspecified atom stereocenters. The van der Waals surface area contributed by atoms with Gasteiger partial charge in [0.05, 0.1) is 20.2 Å². The molecule has 168 valence electrons. The van der Waals surface area contributed by atoms with E-state index in [0.717, 1.165) is 48.3 Å². The van der Waals surface area contributed by atoms with E-state index in [2.05, 4.69) is 33.3 Å². The molecule has 0 aliphatic carbocycles. The molecule has 1 fully saturated rings. The zero-order chi connectivity index (χ0) is 22.4. The summed E-state index contributed by atoms with van der Waals surface area (Å²) in [7, 11) is 3.52. The molecule has 2 aromatic rings. The van der Waals surface area contributed by atoms with Crippen molar-refractivity contribution < 1.29 is 14.3 Å². The number of likely N-dealkylation sites (N-methyl/N-ethyl adjacent to an activating group) is 1. The number of carbonyl (C=O) groups is 2. The molecule has 2 aromatic carbocycles. The first kappa shape index (κ1) is 23.0. The number of benzene rings is 2. The summed E-state index contributed by atoms with van der Waals surface area (Å²) >= 11 is 0. The third-order valence-electron chi connectivity index (χ3n) is 5.60. The van der Waals surface area contributed by atoms with Crippen LogP contribution in [0.4, 0.5) is 0 Å². The lowest BCUT2D eigenvalue weighted by atomic mass is 10.1. The molecule has 0 radical (unpaired) electrons. The normalized spacial score (nSPS) is 15.3. The number of ether oxygens (including phenoxy) is 1. The first-order valence-electron chi connectivity index (χ1n) is 10.9. The Morgan fingerprint density at radius 2 is 1.61 bits per heavy atom. The molecule has 0 atom stereocenters. The Kier molecular flexibility index (Phi) is 7.87. The van der Waals surface area contributed by atoms with Crippen molar-refractivity contribution in [1.29, 1.82) is 0 Å². The van der Waals surface area contributed by atoms with Crippen molar-refractivity contribution in [3.8, 4) is 5.75 Å². The molecule has 1 saturated heterocycles. The van der Waals surface area contributed by atoms with Crippen LogP contribution in [0.3, 0.4) is 0 Å². The van der Waals surface area contributed by atoms with Gasteiger partial charge in [0.25, 0.3) is 0 Å². The quantitative estimate of drug-likeness (QED) is 0.699. The maximum atomic E-state index is 12.7. The topological polar surface area (TPSA) is 65.1 Å². The van der Waals surface area contributed by atoms with E-state index >= 15 is 0 Å². The molecule has 0 bridgehead atoms. The van der Waals surface area contributed by atoms with E-state index in [4.69, 9.17) is 4.74 Å². The highest BCUT2D eigenvalue weighted by Gasteiger charge is 2.22. The number of methoxy groups -OCH3 is 1. The standard InChI is InChI=1S/C24H34N4O3/c1-18(2)25-23(29)16-27-9-11-28(12-10-27)17-24(30)26(3)15-19-5-6-21-14-22(31-4)8-7-20(21)13-19/h5-8,13-14,18H,9-12,15-17H2,1-4H3,(H,25,29). The largest absolute Gasteiger partial charge is 0.497 e. The Morgan fingerprint density at radius 3 is 2.26 bits per heavy atom. The molecule has 1 aliphatic rings. The van der Waals surface area contributed by atoms with Crippen LogP contribution in [0.1, 0.15) is 19.4 Å². The first-order chi connectivity index (χ1) is 14.8. The maximum absolute atomic E-state index is 12.7. The van der Waals surface area contributed by atoms with Crippen molar-refractivity contribution >= 4 is 22.6 Å². The van der Waals surface area contributed by atoms with Crippen molar-refractivity contribution in [1.82, 2.24) is 20.0 Å². The average molecular weight is 427 g/mol. The molecule has 0 aromatic heterocycles. The molecular formula is C24H34N4O3. The number of hydrogen-bond acceptors (Lipinski definition) is 5. The number of piperazine rings is 1. The molecular weight excluding hydrogens is 392 g/mol. The lowest BCUT2D eigenvalue weighted by Crippen LogP contribution is -2.52. The minimum atomic E-state index is 0.0630. The highest BCUT2D eigenvalue weighted by molar-refractivity contribution is 5.85. The lowest BCUT2D eigenvalue weighted by molar-refractivity contribution is -0.132. The third-order valence-corrected chi connectivity index (χ3v) is 5.60. The molecule has 2 amide bonds. The van der Waals surface area contributed by atoms with Crippen LogP contribution in [0.25, 0.3) is 10.8 Å². The van der Waals surface area contributed by atoms with Crippen molar-refractivity contribution in [2.24, 2.45) is 0 Å². The second kappa shape index (κ2) is 10.6. The summed E-state index contributed by atoms with van der Waals surface area (Å²) in [6.07, 6.45) is 0. The lowest BCUT2D eigenvalue weighted by Gasteiger charge is -2.34. The molecule has 1 N–H and O–H groups in total. The highest BCUT2D eigenvalue weighted by atomic mass is 16.5. The predicted octanol–water partition coefficient (Wildman–Crippen LogP) is 1.95. The minimum Gasteiger partial charge on any atom is -0.497 e. The summed E-state index contributed by atoms with van der Waals surface area (Å²) in [5.74, 6) is 1.02. The molecule has 3 rings (SSSR count). The van der Waals surface area contributed by atoms with Gasteiger partial charge in [-0.25, -0.2) is 0 Å². The number of hydrogen-bond donors (Lipinski definition) is 1. The number of carbonyl (C=O) groups excluding carboxylic acids is 2. The van der Waals surface area contributed by atoms with Gasteiger partial charge in [0, 0.05) is 45.8 Å². The Labute approximate surface area is 184 Å². The molecule has 0 spiro atoms. The van der Waals surface area contributed by atoms with E-state index in [1.165, 1.54) is 0 Å². The summed E-state index contributed by atoms with van der Waals surface area (Å²) in [6.45, 7) is 8.54. The van der Waals surface area contributed by atoms with Gasteiger partial charge in [-0.1, -0.05) is 18.2 Å². The van der Waals surface area contributed by atoms with Crippen LogP contribution in [0, 0.1) is 0 Å². The average Bonchev–Trinajstić information content (AvgIpc) is 2.74. The van der Waals surface area contributed by atoms with Gasteiger partial charge in [-0.15, -0.1) is 0 Å². The number of fused-ring (bicyclic) bond motifs is 1. The summed E-state index contributed by atoms with van der Waals surface area (Å²) in [4.78, 5) is 30.8. The van der Waals surface area contributed by atoms with Crippen molar-refractivity contribution in [3.63, 3.8) is 0 Å². The Balaban J connectivity index is 1.46. The van der Waals surface area contributed by atoms with E-state index in [-0.39, 0.29) is 17.9 Å². The molecule has 1 aliphatic heterocycles. The van der Waals surface area contributed by atoms with Crippen LogP contribution in [0.15, 0.2) is 36.4 Å². The van der Waals surface area contributed by atoms with Gasteiger partial charge in [0.15, 0.2) is 0 Å². The monoisotopic (exact) mass is 426 g/mol. The van der Waals surface area contributed by atoms with E-state index in [1.807, 2.05) is 39.1 Å². The number of rotatable bonds is 8. The van der Waals surface area contributed by atoms with Crippen molar-refractivity contribution in [3.05, 3.63) is 42.0 Å². The van der Waals surface area contributed by atoms with Gasteiger partial charge >= 0.3 is 0 Å². The predicted molar refractivity (Wildman–Crippen MR) is 123 cm³/mol. The maximum Gasteiger partial charge on any atom is 0.236 e. The van der Waals surface area contributed by atoms with Crippen LogP contribution >= 0.6 is 0 Å². The molecule has 7 nitrogen and oxygen atoms in total. The Bertz CT molecular complexity index is 907. The summed E-state index contributed by atoms with van der Waals surface area (Å²) in [5, 5.41) is 5.19. The van der Waals surface area contributed by atoms with Gasteiger partial charge < -0.3 is 15.0 Å². The third kappa shape index (κ3) is 6.67. The smallest absolute Gasteiger partial charge is 0.236 e. The summed E-state index contributed by atoms with van der Waals surface area (Å²) in [5.41, 5.74) is 1.11. The van der Waals surface area contributed by atoms with E-state index < -0.39 is 0 Å². The molecule has 31 heavy (non-hydrogen) atoms. The number of amides is 2. The highest BCUT2D eigenvalue weighted by Crippen LogP contribution is 2.22. The van der Waals surface area contributed by atoms with Crippen LogP contribution in [0.2, 0.25) is 0 Å². The second-order valence-corrected chi connectivity index (χ2v) is 8.57. The van der Waals surface area contributed by atoms with Gasteiger partial charge in [0.2, 0.25) is 11.8 Å². The fraction of sp³-hybridized carbons (Fsp3) is 0.500. The van der Waals surface area contributed by atoms with Gasteiger partial charge in [-0.2, -0.15) is 0 Å². The van der Waals surface area contributed by atoms with Crippen LogP contribution < -0.4 is 10.1 Å². The van der Waals surface area contributed by atoms with E-state index in [9.17, 15) is 9.59 Å². The summed E-state index contributed by atoms with van der Waals surface area (Å²) in [6, 6.07) is 12.4. The van der Waals surface area contributed by atoms with E-state index in [0.29, 0.717) is 19.6 Å². The van der Waals surface area contributed by atoms with E-state index in [1.54, 1.807) is 12.0 Å². The van der Waals surface area contributed by atoms with Gasteiger partial charge in [0.1, 0.15) is 5.75 Å². The van der Waals surface area contributed by atoms with Crippen molar-refractivity contribution in [2.45, 2.75) is 26.4 Å². The Morgan fingerprint density at radius 1 is 1.00 bits per heavy atom. The fourth-order valence-electron chi connectivity index (χ4n) is 3.85. The minimum absolute atomic E-state index is 0.0630. The Hall–Kier alpha value is -2.64. The zero-order valence-corrected chi connectivity index (χ0v) is 19.1. The summed E-state index contributed by atoms with van der Waals surface area (Å²) < 4.78 is 5.28. The second-order valence-electron chi connectivity index (χ2n) is 8.57. The van der Waals surface area contributed by atoms with Crippen molar-refractivity contribution in [2.75, 3.05) is 53.4 Å². The fourth-order valence-corrected chi connectivity index (χ4v) is 3.85. The number of nitrogens with one attached hydrogen (secondary N) is 1. The first-order valence-corrected chi connectivity index (χ1v) is 10.9. The van der Waals surface area contributed by atoms with Crippen LogP contribution in [-0.4, -0.2) is 86.0 Å². The molecule has 7 heteroatoms.